The first kappa shape index (κ1) is 13.0. The fourth-order valence-electron chi connectivity index (χ4n) is 3.16. The molecule has 1 aliphatic carbocycles. The molecular formula is C15H18N2O3. The summed E-state index contributed by atoms with van der Waals surface area (Å²) < 4.78 is 11.2. The fraction of sp³-hybridized carbons (Fsp3) is 0.467. The number of pyridine rings is 1. The molecule has 0 spiro atoms. The van der Waals surface area contributed by atoms with E-state index in [4.69, 9.17) is 15.2 Å². The quantitative estimate of drug-likeness (QED) is 0.909. The van der Waals surface area contributed by atoms with Crippen molar-refractivity contribution >= 4 is 5.91 Å². The lowest BCUT2D eigenvalue weighted by atomic mass is 9.79. The van der Waals surface area contributed by atoms with Crippen molar-refractivity contribution in [2.75, 3.05) is 0 Å². The number of hydrogen-bond donors (Lipinski definition) is 1. The van der Waals surface area contributed by atoms with E-state index >= 15 is 0 Å². The smallest absolute Gasteiger partial charge is 0.287 e. The highest BCUT2D eigenvalue weighted by molar-refractivity contribution is 5.89. The first-order valence-corrected chi connectivity index (χ1v) is 6.91. The van der Waals surface area contributed by atoms with Crippen LogP contribution in [0.4, 0.5) is 0 Å². The van der Waals surface area contributed by atoms with E-state index in [2.05, 4.69) is 11.1 Å². The molecule has 106 valence electrons. The summed E-state index contributed by atoms with van der Waals surface area (Å²) in [6, 6.07) is 3.99. The van der Waals surface area contributed by atoms with Gasteiger partial charge in [-0.05, 0) is 30.9 Å². The molecule has 5 heteroatoms. The zero-order valence-corrected chi connectivity index (χ0v) is 11.2. The lowest BCUT2D eigenvalue weighted by molar-refractivity contribution is -0.136. The predicted molar refractivity (Wildman–Crippen MR) is 72.1 cm³/mol. The lowest BCUT2D eigenvalue weighted by Crippen LogP contribution is -2.36. The van der Waals surface area contributed by atoms with Crippen molar-refractivity contribution in [3.05, 3.63) is 42.1 Å². The first-order valence-electron chi connectivity index (χ1n) is 6.91. The summed E-state index contributed by atoms with van der Waals surface area (Å²) in [5, 5.41) is 0. The third-order valence-corrected chi connectivity index (χ3v) is 4.15. The van der Waals surface area contributed by atoms with Crippen LogP contribution in [0.2, 0.25) is 0 Å². The van der Waals surface area contributed by atoms with Crippen molar-refractivity contribution in [3.8, 4) is 0 Å². The average molecular weight is 274 g/mol. The molecule has 5 nitrogen and oxygen atoms in total. The minimum absolute atomic E-state index is 0.100. The molecule has 2 heterocycles. The summed E-state index contributed by atoms with van der Waals surface area (Å²) >= 11 is 0. The summed E-state index contributed by atoms with van der Waals surface area (Å²) in [6.45, 7) is 0. The maximum atomic E-state index is 11.2. The molecule has 2 aliphatic rings. The molecule has 1 unspecified atom stereocenters. The molecule has 2 N–H and O–H groups in total. The molecule has 1 aromatic heterocycles. The van der Waals surface area contributed by atoms with Gasteiger partial charge in [0.2, 0.25) is 12.0 Å². The van der Waals surface area contributed by atoms with E-state index in [0.717, 1.165) is 37.7 Å². The van der Waals surface area contributed by atoms with Crippen LogP contribution in [0.3, 0.4) is 0 Å². The Hall–Kier alpha value is -2.04. The van der Waals surface area contributed by atoms with Crippen molar-refractivity contribution in [1.29, 1.82) is 0 Å². The molecule has 20 heavy (non-hydrogen) atoms. The minimum Gasteiger partial charge on any atom is -0.458 e. The molecule has 0 radical (unpaired) electrons. The number of carbonyl (C=O) groups is 1. The Bertz CT molecular complexity index is 521. The topological polar surface area (TPSA) is 74.4 Å². The van der Waals surface area contributed by atoms with Gasteiger partial charge in [0.15, 0.2) is 0 Å². The van der Waals surface area contributed by atoms with Crippen LogP contribution >= 0.6 is 0 Å². The molecule has 0 saturated heterocycles. The number of carbonyl (C=O) groups excluding carboxylic acids is 1. The highest BCUT2D eigenvalue weighted by Gasteiger charge is 2.47. The number of nitrogens with two attached hydrogens (primary N) is 1. The predicted octanol–water partition coefficient (Wildman–Crippen LogP) is 1.88. The molecule has 1 aliphatic heterocycles. The van der Waals surface area contributed by atoms with Gasteiger partial charge >= 0.3 is 0 Å². The number of rotatable bonds is 4. The summed E-state index contributed by atoms with van der Waals surface area (Å²) in [7, 11) is 0. The van der Waals surface area contributed by atoms with Crippen LogP contribution in [0, 0.1) is 5.41 Å². The van der Waals surface area contributed by atoms with Gasteiger partial charge in [0, 0.05) is 17.8 Å². The van der Waals surface area contributed by atoms with Crippen LogP contribution in [0.1, 0.15) is 31.2 Å². The van der Waals surface area contributed by atoms with Gasteiger partial charge in [-0.3, -0.25) is 9.78 Å². The van der Waals surface area contributed by atoms with Gasteiger partial charge in [0.05, 0.1) is 0 Å². The van der Waals surface area contributed by atoms with Gasteiger partial charge < -0.3 is 15.2 Å². The Morgan fingerprint density at radius 2 is 2.25 bits per heavy atom. The summed E-state index contributed by atoms with van der Waals surface area (Å²) in [5.74, 6) is -0.463. The molecule has 0 aromatic carbocycles. The van der Waals surface area contributed by atoms with Crippen LogP contribution in [-0.2, 0) is 20.7 Å². The van der Waals surface area contributed by atoms with Crippen LogP contribution < -0.4 is 5.73 Å². The normalized spacial score (nSPS) is 23.8. The Kier molecular flexibility index (Phi) is 3.34. The van der Waals surface area contributed by atoms with E-state index in [-0.39, 0.29) is 11.2 Å². The van der Waals surface area contributed by atoms with E-state index < -0.39 is 12.2 Å². The SMILES string of the molecule is NC(=O)C1=COC(C2(Cc3cccnc3)CCCC2)O1. The van der Waals surface area contributed by atoms with Gasteiger partial charge in [-0.1, -0.05) is 18.9 Å². The molecule has 1 aromatic rings. The molecule has 1 atom stereocenters. The molecule has 1 saturated carbocycles. The maximum Gasteiger partial charge on any atom is 0.287 e. The van der Waals surface area contributed by atoms with Crippen LogP contribution in [-0.4, -0.2) is 17.2 Å². The van der Waals surface area contributed by atoms with E-state index in [1.54, 1.807) is 6.20 Å². The number of hydrogen-bond acceptors (Lipinski definition) is 4. The Morgan fingerprint density at radius 3 is 2.85 bits per heavy atom. The van der Waals surface area contributed by atoms with Crippen molar-refractivity contribution < 1.29 is 14.3 Å². The maximum absolute atomic E-state index is 11.2. The summed E-state index contributed by atoms with van der Waals surface area (Å²) in [6.07, 6.45) is 9.73. The Labute approximate surface area is 117 Å². The molecular weight excluding hydrogens is 256 g/mol. The minimum atomic E-state index is -0.581. The number of amides is 1. The highest BCUT2D eigenvalue weighted by atomic mass is 16.7. The second-order valence-electron chi connectivity index (χ2n) is 5.54. The number of ether oxygens (including phenoxy) is 2. The van der Waals surface area contributed by atoms with Gasteiger partial charge in [-0.2, -0.15) is 0 Å². The second-order valence-corrected chi connectivity index (χ2v) is 5.54. The van der Waals surface area contributed by atoms with Crippen LogP contribution in [0.25, 0.3) is 0 Å². The van der Waals surface area contributed by atoms with E-state index in [1.165, 1.54) is 6.26 Å². The van der Waals surface area contributed by atoms with Crippen LogP contribution in [0.5, 0.6) is 0 Å². The van der Waals surface area contributed by atoms with E-state index in [0.29, 0.717) is 0 Å². The Balaban J connectivity index is 1.78. The highest BCUT2D eigenvalue weighted by Crippen LogP contribution is 2.47. The van der Waals surface area contributed by atoms with Gasteiger partial charge in [0.1, 0.15) is 6.26 Å². The Morgan fingerprint density at radius 1 is 1.45 bits per heavy atom. The van der Waals surface area contributed by atoms with Crippen molar-refractivity contribution in [1.82, 2.24) is 4.98 Å². The monoisotopic (exact) mass is 274 g/mol. The number of nitrogens with zero attached hydrogens (tertiary/aromatic N) is 1. The third-order valence-electron chi connectivity index (χ3n) is 4.15. The van der Waals surface area contributed by atoms with Crippen molar-refractivity contribution in [3.63, 3.8) is 0 Å². The van der Waals surface area contributed by atoms with E-state index in [1.807, 2.05) is 12.3 Å². The van der Waals surface area contributed by atoms with E-state index in [9.17, 15) is 4.79 Å². The molecule has 0 bridgehead atoms. The van der Waals surface area contributed by atoms with Crippen LogP contribution in [0.15, 0.2) is 36.5 Å². The molecule has 1 amide bonds. The molecule has 3 rings (SSSR count). The number of primary amides is 1. The summed E-state index contributed by atoms with van der Waals surface area (Å²) in [5.41, 5.74) is 6.29. The standard InChI is InChI=1S/C15H18N2O3/c16-13(18)12-10-19-14(20-12)15(5-1-2-6-15)8-11-4-3-7-17-9-11/h3-4,7,9-10,14H,1-2,5-6,8H2,(H2,16,18). The first-order chi connectivity index (χ1) is 9.70. The van der Waals surface area contributed by atoms with Crippen molar-refractivity contribution in [2.45, 2.75) is 38.4 Å². The van der Waals surface area contributed by atoms with Gasteiger partial charge in [-0.25, -0.2) is 0 Å². The van der Waals surface area contributed by atoms with Crippen molar-refractivity contribution in [2.24, 2.45) is 11.1 Å². The second kappa shape index (κ2) is 5.15. The van der Waals surface area contributed by atoms with Gasteiger partial charge in [-0.15, -0.1) is 0 Å². The third kappa shape index (κ3) is 2.35. The fourth-order valence-corrected chi connectivity index (χ4v) is 3.16. The summed E-state index contributed by atoms with van der Waals surface area (Å²) in [4.78, 5) is 15.3. The zero-order chi connectivity index (χ0) is 14.0. The van der Waals surface area contributed by atoms with Gasteiger partial charge in [0.25, 0.3) is 5.91 Å². The average Bonchev–Trinajstić information content (AvgIpc) is 3.09. The number of aromatic nitrogens is 1. The lowest BCUT2D eigenvalue weighted by Gasteiger charge is -2.33. The largest absolute Gasteiger partial charge is 0.458 e. The zero-order valence-electron chi connectivity index (χ0n) is 11.2. The molecule has 1 fully saturated rings.